The summed E-state index contributed by atoms with van der Waals surface area (Å²) in [5.74, 6) is 0. The van der Waals surface area contributed by atoms with Gasteiger partial charge in [0, 0.05) is 17.7 Å². The predicted octanol–water partition coefficient (Wildman–Crippen LogP) is 1.85. The van der Waals surface area contributed by atoms with Gasteiger partial charge in [0.05, 0.1) is 0 Å². The Bertz CT molecular complexity index is 216. The first kappa shape index (κ1) is 10.7. The maximum atomic E-state index is 8.90. The molecule has 0 aromatic carbocycles. The monoisotopic (exact) mass is 183 g/mol. The van der Waals surface area contributed by atoms with Crippen molar-refractivity contribution in [3.8, 4) is 0 Å². The number of hydrogen-bond acceptors (Lipinski definition) is 2. The van der Waals surface area contributed by atoms with Crippen LogP contribution in [0.1, 0.15) is 40.5 Å². The van der Waals surface area contributed by atoms with E-state index in [4.69, 9.17) is 5.11 Å². The van der Waals surface area contributed by atoms with Gasteiger partial charge in [-0.05, 0) is 40.5 Å². The van der Waals surface area contributed by atoms with Gasteiger partial charge in [0.1, 0.15) is 0 Å². The van der Waals surface area contributed by atoms with E-state index in [-0.39, 0.29) is 17.7 Å². The molecular formula is C11H21NO. The molecule has 0 fully saturated rings. The van der Waals surface area contributed by atoms with Gasteiger partial charge in [0.25, 0.3) is 0 Å². The van der Waals surface area contributed by atoms with Crippen LogP contribution >= 0.6 is 0 Å². The van der Waals surface area contributed by atoms with Crippen LogP contribution in [0.3, 0.4) is 0 Å². The summed E-state index contributed by atoms with van der Waals surface area (Å²) in [5, 5.41) is 12.5. The molecular weight excluding hydrogens is 162 g/mol. The van der Waals surface area contributed by atoms with Crippen LogP contribution < -0.4 is 5.32 Å². The van der Waals surface area contributed by atoms with Crippen LogP contribution in [0.5, 0.6) is 0 Å². The van der Waals surface area contributed by atoms with E-state index in [1.807, 2.05) is 0 Å². The fourth-order valence-corrected chi connectivity index (χ4v) is 2.39. The highest BCUT2D eigenvalue weighted by atomic mass is 16.2. The summed E-state index contributed by atoms with van der Waals surface area (Å²) in [7, 11) is 0. The molecule has 1 aliphatic rings. The summed E-state index contributed by atoms with van der Waals surface area (Å²) >= 11 is 0. The fourth-order valence-electron chi connectivity index (χ4n) is 2.39. The van der Waals surface area contributed by atoms with Crippen LogP contribution in [0.15, 0.2) is 11.6 Å². The summed E-state index contributed by atoms with van der Waals surface area (Å²) in [6, 6.07) is 0. The minimum absolute atomic E-state index is 0.0618. The van der Waals surface area contributed by atoms with Gasteiger partial charge in [-0.2, -0.15) is 0 Å². The lowest BCUT2D eigenvalue weighted by Crippen LogP contribution is -2.54. The summed E-state index contributed by atoms with van der Waals surface area (Å²) in [5.41, 5.74) is 1.59. The average molecular weight is 183 g/mol. The van der Waals surface area contributed by atoms with Gasteiger partial charge in [0.15, 0.2) is 0 Å². The molecule has 2 nitrogen and oxygen atoms in total. The van der Waals surface area contributed by atoms with E-state index in [0.29, 0.717) is 0 Å². The van der Waals surface area contributed by atoms with E-state index < -0.39 is 0 Å². The molecule has 0 radical (unpaired) electrons. The molecule has 1 aliphatic heterocycles. The lowest BCUT2D eigenvalue weighted by Gasteiger charge is -2.41. The molecule has 0 atom stereocenters. The summed E-state index contributed by atoms with van der Waals surface area (Å²) in [4.78, 5) is 0. The molecule has 2 N–H and O–H groups in total. The molecule has 0 aromatic rings. The Balaban J connectivity index is 2.79. The van der Waals surface area contributed by atoms with Crippen molar-refractivity contribution in [2.75, 3.05) is 6.61 Å². The van der Waals surface area contributed by atoms with Crippen LogP contribution in [0, 0.1) is 0 Å². The number of hydrogen-bond donors (Lipinski definition) is 2. The Morgan fingerprint density at radius 3 is 2.46 bits per heavy atom. The van der Waals surface area contributed by atoms with Gasteiger partial charge in [-0.3, -0.25) is 0 Å². The fraction of sp³-hybridized carbons (Fsp3) is 0.818. The Morgan fingerprint density at radius 1 is 1.38 bits per heavy atom. The zero-order chi connectivity index (χ0) is 10.1. The van der Waals surface area contributed by atoms with Crippen LogP contribution in [0.4, 0.5) is 0 Å². The zero-order valence-corrected chi connectivity index (χ0v) is 9.15. The van der Waals surface area contributed by atoms with E-state index >= 15 is 0 Å². The van der Waals surface area contributed by atoms with Crippen molar-refractivity contribution in [2.24, 2.45) is 0 Å². The van der Waals surface area contributed by atoms with E-state index in [9.17, 15) is 0 Å². The van der Waals surface area contributed by atoms with Crippen molar-refractivity contribution in [1.29, 1.82) is 0 Å². The third-order valence-electron chi connectivity index (χ3n) is 2.33. The van der Waals surface area contributed by atoms with Gasteiger partial charge < -0.3 is 10.4 Å². The average Bonchev–Trinajstić information content (AvgIpc) is 1.78. The lowest BCUT2D eigenvalue weighted by atomic mass is 9.83. The van der Waals surface area contributed by atoms with Crippen molar-refractivity contribution in [3.63, 3.8) is 0 Å². The zero-order valence-electron chi connectivity index (χ0n) is 9.15. The van der Waals surface area contributed by atoms with Crippen molar-refractivity contribution in [2.45, 2.75) is 51.6 Å². The minimum atomic E-state index is 0.0618. The maximum absolute atomic E-state index is 8.90. The first-order chi connectivity index (χ1) is 5.85. The Hall–Kier alpha value is -0.340. The molecule has 0 aliphatic carbocycles. The number of aliphatic hydroxyl groups excluding tert-OH is 1. The molecule has 76 valence electrons. The SMILES string of the molecule is CC1(C)C=C(CCO)CC(C)(C)N1. The van der Waals surface area contributed by atoms with Gasteiger partial charge in [-0.25, -0.2) is 0 Å². The smallest absolute Gasteiger partial charge is 0.0468 e. The topological polar surface area (TPSA) is 32.3 Å². The Labute approximate surface area is 81.0 Å². The van der Waals surface area contributed by atoms with E-state index in [1.165, 1.54) is 5.57 Å². The Morgan fingerprint density at radius 2 is 2.00 bits per heavy atom. The highest BCUT2D eigenvalue weighted by Gasteiger charge is 2.31. The third-order valence-corrected chi connectivity index (χ3v) is 2.33. The van der Waals surface area contributed by atoms with Crippen molar-refractivity contribution in [1.82, 2.24) is 5.32 Å². The third kappa shape index (κ3) is 3.12. The molecule has 0 saturated heterocycles. The van der Waals surface area contributed by atoms with Crippen LogP contribution in [-0.4, -0.2) is 22.8 Å². The normalized spacial score (nSPS) is 25.5. The number of rotatable bonds is 2. The molecule has 0 saturated carbocycles. The second-order valence-electron chi connectivity index (χ2n) is 5.18. The molecule has 1 heterocycles. The molecule has 13 heavy (non-hydrogen) atoms. The lowest BCUT2D eigenvalue weighted by molar-refractivity contribution is 0.261. The van der Waals surface area contributed by atoms with Crippen LogP contribution in [0.2, 0.25) is 0 Å². The predicted molar refractivity (Wildman–Crippen MR) is 55.7 cm³/mol. The molecule has 0 amide bonds. The summed E-state index contributed by atoms with van der Waals surface area (Å²) in [6.45, 7) is 9.02. The Kier molecular flexibility index (Phi) is 2.83. The molecule has 1 rings (SSSR count). The second-order valence-corrected chi connectivity index (χ2v) is 5.18. The first-order valence-corrected chi connectivity index (χ1v) is 4.95. The van der Waals surface area contributed by atoms with Crippen molar-refractivity contribution in [3.05, 3.63) is 11.6 Å². The van der Waals surface area contributed by atoms with Crippen LogP contribution in [0.25, 0.3) is 0 Å². The van der Waals surface area contributed by atoms with Gasteiger partial charge in [0.2, 0.25) is 0 Å². The molecule has 0 spiro atoms. The summed E-state index contributed by atoms with van der Waals surface area (Å²) in [6.07, 6.45) is 4.10. The minimum Gasteiger partial charge on any atom is -0.396 e. The summed E-state index contributed by atoms with van der Waals surface area (Å²) < 4.78 is 0. The quantitative estimate of drug-likeness (QED) is 0.640. The second kappa shape index (κ2) is 3.43. The molecule has 0 bridgehead atoms. The van der Waals surface area contributed by atoms with E-state index in [1.54, 1.807) is 0 Å². The molecule has 2 heteroatoms. The van der Waals surface area contributed by atoms with Gasteiger partial charge in [-0.15, -0.1) is 0 Å². The van der Waals surface area contributed by atoms with Gasteiger partial charge >= 0.3 is 0 Å². The standard InChI is InChI=1S/C11H21NO/c1-10(2)7-9(5-6-13)8-11(3,4)12-10/h7,12-13H,5-6,8H2,1-4H3. The van der Waals surface area contributed by atoms with E-state index in [0.717, 1.165) is 12.8 Å². The molecule has 0 unspecified atom stereocenters. The van der Waals surface area contributed by atoms with Gasteiger partial charge in [-0.1, -0.05) is 11.6 Å². The first-order valence-electron chi connectivity index (χ1n) is 4.95. The largest absolute Gasteiger partial charge is 0.396 e. The number of aliphatic hydroxyl groups is 1. The van der Waals surface area contributed by atoms with E-state index in [2.05, 4.69) is 39.1 Å². The van der Waals surface area contributed by atoms with Crippen LogP contribution in [-0.2, 0) is 0 Å². The van der Waals surface area contributed by atoms with Crippen molar-refractivity contribution < 1.29 is 5.11 Å². The molecule has 0 aromatic heterocycles. The number of nitrogens with one attached hydrogen (secondary N) is 1. The highest BCUT2D eigenvalue weighted by molar-refractivity contribution is 5.20. The van der Waals surface area contributed by atoms with Crippen molar-refractivity contribution >= 4 is 0 Å². The maximum Gasteiger partial charge on any atom is 0.0468 e. The highest BCUT2D eigenvalue weighted by Crippen LogP contribution is 2.28.